The number of amides is 1. The van der Waals surface area contributed by atoms with Crippen LogP contribution in [0.2, 0.25) is 0 Å². The zero-order valence-corrected chi connectivity index (χ0v) is 11.4. The van der Waals surface area contributed by atoms with E-state index in [0.717, 1.165) is 12.2 Å². The third kappa shape index (κ3) is 3.26. The number of anilines is 2. The van der Waals surface area contributed by atoms with Crippen LogP contribution in [0.3, 0.4) is 0 Å². The molecular weight excluding hydrogens is 244 g/mol. The molecule has 0 aliphatic carbocycles. The Morgan fingerprint density at radius 3 is 2.53 bits per heavy atom. The predicted molar refractivity (Wildman–Crippen MR) is 74.1 cm³/mol. The summed E-state index contributed by atoms with van der Waals surface area (Å²) in [5.41, 5.74) is 4.25. The summed E-state index contributed by atoms with van der Waals surface area (Å²) in [5.74, 6) is 0. The molecule has 1 aliphatic heterocycles. The number of carbonyl (C=O) groups excluding carboxylic acids is 1. The van der Waals surface area contributed by atoms with Crippen LogP contribution in [0.4, 0.5) is 16.2 Å². The van der Waals surface area contributed by atoms with Crippen LogP contribution < -0.4 is 10.4 Å². The molecule has 0 saturated heterocycles. The second-order valence-corrected chi connectivity index (χ2v) is 4.53. The lowest BCUT2D eigenvalue weighted by molar-refractivity contribution is 0.122. The zero-order valence-electron chi connectivity index (χ0n) is 11.4. The van der Waals surface area contributed by atoms with Gasteiger partial charge in [-0.15, -0.1) is 0 Å². The van der Waals surface area contributed by atoms with Crippen LogP contribution in [0.5, 0.6) is 0 Å². The van der Waals surface area contributed by atoms with E-state index in [4.69, 9.17) is 4.84 Å². The van der Waals surface area contributed by atoms with E-state index in [-0.39, 0.29) is 0 Å². The fraction of sp³-hybridized carbons (Fsp3) is 0.357. The first-order chi connectivity index (χ1) is 9.10. The van der Waals surface area contributed by atoms with Crippen molar-refractivity contribution in [2.24, 2.45) is 0 Å². The lowest BCUT2D eigenvalue weighted by atomic mass is 10.1. The van der Waals surface area contributed by atoms with Gasteiger partial charge in [0, 0.05) is 5.69 Å². The van der Waals surface area contributed by atoms with Gasteiger partial charge in [-0.25, -0.2) is 9.86 Å². The van der Waals surface area contributed by atoms with Crippen LogP contribution in [-0.2, 0) is 9.57 Å². The van der Waals surface area contributed by atoms with Crippen LogP contribution >= 0.6 is 0 Å². The van der Waals surface area contributed by atoms with Gasteiger partial charge in [-0.3, -0.25) is 10.2 Å². The second-order valence-electron chi connectivity index (χ2n) is 4.53. The first-order valence-electron chi connectivity index (χ1n) is 6.11. The van der Waals surface area contributed by atoms with Gasteiger partial charge in [0.2, 0.25) is 0 Å². The third-order valence-corrected chi connectivity index (χ3v) is 3.13. The summed E-state index contributed by atoms with van der Waals surface area (Å²) in [4.78, 5) is 16.7. The number of hydrogen-bond acceptors (Lipinski definition) is 4. The molecule has 0 spiro atoms. The molecule has 1 N–H and O–H groups in total. The lowest BCUT2D eigenvalue weighted by Gasteiger charge is -2.29. The summed E-state index contributed by atoms with van der Waals surface area (Å²) in [5, 5.41) is 4.46. The highest BCUT2D eigenvalue weighted by Gasteiger charge is 2.15. The van der Waals surface area contributed by atoms with E-state index in [1.54, 1.807) is 0 Å². The summed E-state index contributed by atoms with van der Waals surface area (Å²) in [6.45, 7) is 5.57. The average molecular weight is 262 g/mol. The van der Waals surface area contributed by atoms with Crippen molar-refractivity contribution < 1.29 is 14.4 Å². The molecule has 1 amide bonds. The average Bonchev–Trinajstić information content (AvgIpc) is 2.42. The minimum atomic E-state index is -0.476. The Hall–Kier alpha value is -2.01. The number of rotatable bonds is 2. The van der Waals surface area contributed by atoms with Gasteiger partial charge in [0.15, 0.2) is 0 Å². The molecule has 0 atom stereocenters. The van der Waals surface area contributed by atoms with Crippen LogP contribution in [0, 0.1) is 0 Å². The normalized spacial score (nSPS) is 15.4. The number of ether oxygens (including phenoxy) is 1. The number of hydrogen-bond donors (Lipinski definition) is 1. The standard InChI is InChI=1S/C14H18N2O3/c1-10-8-16(19-9-11(10)2)13-6-4-12(5-7-13)15-14(17)18-3/h4-7H,8-9H2,1-3H3,(H,15,17). The summed E-state index contributed by atoms with van der Waals surface area (Å²) in [7, 11) is 1.34. The smallest absolute Gasteiger partial charge is 0.411 e. The highest BCUT2D eigenvalue weighted by atomic mass is 16.7. The first-order valence-corrected chi connectivity index (χ1v) is 6.11. The molecule has 19 heavy (non-hydrogen) atoms. The second kappa shape index (κ2) is 5.75. The molecule has 0 radical (unpaired) electrons. The highest BCUT2D eigenvalue weighted by Crippen LogP contribution is 2.23. The molecule has 0 saturated carbocycles. The van der Waals surface area contributed by atoms with Gasteiger partial charge in [-0.05, 0) is 43.7 Å². The fourth-order valence-electron chi connectivity index (χ4n) is 1.74. The quantitative estimate of drug-likeness (QED) is 0.832. The van der Waals surface area contributed by atoms with E-state index < -0.39 is 6.09 Å². The van der Waals surface area contributed by atoms with Gasteiger partial charge in [0.1, 0.15) is 0 Å². The topological polar surface area (TPSA) is 50.8 Å². The molecule has 0 aromatic heterocycles. The monoisotopic (exact) mass is 262 g/mol. The van der Waals surface area contributed by atoms with Crippen molar-refractivity contribution in [3.63, 3.8) is 0 Å². The molecule has 1 aromatic carbocycles. The Balaban J connectivity index is 2.05. The highest BCUT2D eigenvalue weighted by molar-refractivity contribution is 5.84. The molecule has 5 nitrogen and oxygen atoms in total. The first kappa shape index (κ1) is 13.4. The van der Waals surface area contributed by atoms with Crippen molar-refractivity contribution in [1.29, 1.82) is 0 Å². The Morgan fingerprint density at radius 1 is 1.26 bits per heavy atom. The van der Waals surface area contributed by atoms with E-state index in [1.807, 2.05) is 29.3 Å². The van der Waals surface area contributed by atoms with E-state index in [1.165, 1.54) is 18.3 Å². The maximum Gasteiger partial charge on any atom is 0.411 e. The Kier molecular flexibility index (Phi) is 4.06. The van der Waals surface area contributed by atoms with E-state index >= 15 is 0 Å². The maximum atomic E-state index is 11.1. The SMILES string of the molecule is COC(=O)Nc1ccc(N2CC(C)=C(C)CO2)cc1. The van der Waals surface area contributed by atoms with Crippen molar-refractivity contribution >= 4 is 17.5 Å². The minimum absolute atomic E-state index is 0.476. The molecule has 1 aliphatic rings. The Morgan fingerprint density at radius 2 is 1.95 bits per heavy atom. The van der Waals surface area contributed by atoms with Crippen molar-refractivity contribution in [2.75, 3.05) is 30.6 Å². The van der Waals surface area contributed by atoms with Crippen LogP contribution in [0.1, 0.15) is 13.8 Å². The summed E-state index contributed by atoms with van der Waals surface area (Å²) >= 11 is 0. The largest absolute Gasteiger partial charge is 0.453 e. The molecule has 0 bridgehead atoms. The number of benzene rings is 1. The molecule has 2 rings (SSSR count). The molecule has 5 heteroatoms. The van der Waals surface area contributed by atoms with Crippen molar-refractivity contribution in [3.05, 3.63) is 35.4 Å². The number of nitrogens with one attached hydrogen (secondary N) is 1. The van der Waals surface area contributed by atoms with Gasteiger partial charge >= 0.3 is 6.09 Å². The molecule has 1 heterocycles. The van der Waals surface area contributed by atoms with Gasteiger partial charge in [0.25, 0.3) is 0 Å². The maximum absolute atomic E-state index is 11.1. The molecule has 102 valence electrons. The molecule has 0 unspecified atom stereocenters. The van der Waals surface area contributed by atoms with Gasteiger partial charge in [-0.2, -0.15) is 0 Å². The fourth-order valence-corrected chi connectivity index (χ4v) is 1.74. The number of nitrogens with zero attached hydrogens (tertiary/aromatic N) is 1. The summed E-state index contributed by atoms with van der Waals surface area (Å²) in [6.07, 6.45) is -0.476. The molecule has 0 fully saturated rings. The predicted octanol–water partition coefficient (Wildman–Crippen LogP) is 2.95. The third-order valence-electron chi connectivity index (χ3n) is 3.13. The van der Waals surface area contributed by atoms with E-state index in [0.29, 0.717) is 12.3 Å². The zero-order chi connectivity index (χ0) is 13.8. The van der Waals surface area contributed by atoms with Crippen LogP contribution in [0.15, 0.2) is 35.4 Å². The van der Waals surface area contributed by atoms with Gasteiger partial charge < -0.3 is 4.74 Å². The van der Waals surface area contributed by atoms with Gasteiger partial charge in [-0.1, -0.05) is 5.57 Å². The number of carbonyl (C=O) groups is 1. The Bertz CT molecular complexity index is 494. The summed E-state index contributed by atoms with van der Waals surface area (Å²) in [6, 6.07) is 7.44. The number of methoxy groups -OCH3 is 1. The molecular formula is C14H18N2O3. The summed E-state index contributed by atoms with van der Waals surface area (Å²) < 4.78 is 4.54. The van der Waals surface area contributed by atoms with Crippen molar-refractivity contribution in [3.8, 4) is 0 Å². The van der Waals surface area contributed by atoms with Gasteiger partial charge in [0.05, 0.1) is 25.9 Å². The molecule has 1 aromatic rings. The van der Waals surface area contributed by atoms with Crippen molar-refractivity contribution in [1.82, 2.24) is 0 Å². The van der Waals surface area contributed by atoms with Crippen LogP contribution in [0.25, 0.3) is 0 Å². The van der Waals surface area contributed by atoms with Crippen LogP contribution in [-0.4, -0.2) is 26.4 Å². The minimum Gasteiger partial charge on any atom is -0.453 e. The van der Waals surface area contributed by atoms with Crippen molar-refractivity contribution in [2.45, 2.75) is 13.8 Å². The lowest BCUT2D eigenvalue weighted by Crippen LogP contribution is -2.31. The van der Waals surface area contributed by atoms with E-state index in [2.05, 4.69) is 23.9 Å². The Labute approximate surface area is 112 Å². The number of hydroxylamine groups is 1. The van der Waals surface area contributed by atoms with E-state index in [9.17, 15) is 4.79 Å².